The molecule has 0 aliphatic carbocycles. The first kappa shape index (κ1) is 16.0. The molecule has 0 aromatic heterocycles. The van der Waals surface area contributed by atoms with Gasteiger partial charge in [0.1, 0.15) is 22.6 Å². The summed E-state index contributed by atoms with van der Waals surface area (Å²) in [4.78, 5) is 10.4. The van der Waals surface area contributed by atoms with Crippen LogP contribution in [-0.4, -0.2) is 27.5 Å². The van der Waals surface area contributed by atoms with Crippen molar-refractivity contribution in [2.75, 3.05) is 7.11 Å². The number of carbonyl (C=O) groups is 1. The zero-order valence-electron chi connectivity index (χ0n) is 9.91. The van der Waals surface area contributed by atoms with Crippen LogP contribution in [-0.2, 0) is 19.6 Å². The Morgan fingerprint density at radius 1 is 1.42 bits per heavy atom. The van der Waals surface area contributed by atoms with Crippen LogP contribution in [0.25, 0.3) is 0 Å². The minimum absolute atomic E-state index is 0.283. The van der Waals surface area contributed by atoms with E-state index in [1.54, 1.807) is 0 Å². The van der Waals surface area contributed by atoms with Gasteiger partial charge in [-0.25, -0.2) is 17.2 Å². The number of methoxy groups -OCH3 is 1. The summed E-state index contributed by atoms with van der Waals surface area (Å²) in [5.74, 6) is -3.03. The first-order valence-corrected chi connectivity index (χ1v) is 7.21. The van der Waals surface area contributed by atoms with Crippen molar-refractivity contribution in [1.29, 1.82) is 0 Å². The van der Waals surface area contributed by atoms with E-state index in [-0.39, 0.29) is 4.47 Å². The molecule has 0 saturated heterocycles. The summed E-state index contributed by atoms with van der Waals surface area (Å²) in [5.41, 5.74) is 0. The highest BCUT2D eigenvalue weighted by Gasteiger charge is 2.27. The molecule has 0 radical (unpaired) electrons. The molecule has 19 heavy (non-hydrogen) atoms. The lowest BCUT2D eigenvalue weighted by atomic mass is 10.3. The molecule has 0 aliphatic rings. The van der Waals surface area contributed by atoms with Crippen molar-refractivity contribution in [1.82, 2.24) is 4.72 Å². The number of hydrogen-bond acceptors (Lipinski definition) is 4. The second kappa shape index (κ2) is 5.93. The lowest BCUT2D eigenvalue weighted by Gasteiger charge is -2.13. The predicted molar refractivity (Wildman–Crippen MR) is 65.9 cm³/mol. The third-order valence-electron chi connectivity index (χ3n) is 2.12. The Morgan fingerprint density at radius 2 is 2.00 bits per heavy atom. The zero-order valence-corrected chi connectivity index (χ0v) is 12.3. The molecule has 0 heterocycles. The summed E-state index contributed by atoms with van der Waals surface area (Å²) in [6.45, 7) is 1.23. The zero-order chi connectivity index (χ0) is 14.8. The lowest BCUT2D eigenvalue weighted by Crippen LogP contribution is -2.39. The van der Waals surface area contributed by atoms with Crippen molar-refractivity contribution in [2.24, 2.45) is 0 Å². The normalized spacial score (nSPS) is 13.1. The fourth-order valence-corrected chi connectivity index (χ4v) is 3.66. The van der Waals surface area contributed by atoms with E-state index in [9.17, 15) is 22.0 Å². The maximum Gasteiger partial charge on any atom is 0.323 e. The molecule has 1 unspecified atom stereocenters. The van der Waals surface area contributed by atoms with E-state index in [1.807, 2.05) is 4.72 Å². The largest absolute Gasteiger partial charge is 0.468 e. The molecule has 0 amide bonds. The summed E-state index contributed by atoms with van der Waals surface area (Å²) < 4.78 is 56.2. The van der Waals surface area contributed by atoms with Gasteiger partial charge in [0, 0.05) is 10.5 Å². The third kappa shape index (κ3) is 3.71. The van der Waals surface area contributed by atoms with Crippen molar-refractivity contribution in [2.45, 2.75) is 17.9 Å². The highest BCUT2D eigenvalue weighted by Crippen LogP contribution is 2.26. The molecule has 0 bridgehead atoms. The van der Waals surface area contributed by atoms with Gasteiger partial charge in [-0.3, -0.25) is 4.79 Å². The van der Waals surface area contributed by atoms with Crippen LogP contribution in [0.3, 0.4) is 0 Å². The molecule has 1 rings (SSSR count). The summed E-state index contributed by atoms with van der Waals surface area (Å²) in [6, 6.07) is 0.0362. The van der Waals surface area contributed by atoms with Crippen LogP contribution < -0.4 is 4.72 Å². The molecule has 0 saturated carbocycles. The molecule has 1 atom stereocenters. The van der Waals surface area contributed by atoms with Crippen LogP contribution in [0.4, 0.5) is 8.78 Å². The average molecular weight is 358 g/mol. The Bertz CT molecular complexity index is 583. The SMILES string of the molecule is COC(=O)C(C)NS(=O)(=O)c1c(F)cc(F)cc1Br. The molecule has 0 spiro atoms. The Hall–Kier alpha value is -1.06. The summed E-state index contributed by atoms with van der Waals surface area (Å²) in [7, 11) is -3.25. The van der Waals surface area contributed by atoms with Crippen LogP contribution in [0.2, 0.25) is 0 Å². The second-order valence-corrected chi connectivity index (χ2v) is 6.07. The first-order valence-electron chi connectivity index (χ1n) is 4.93. The van der Waals surface area contributed by atoms with E-state index in [2.05, 4.69) is 20.7 Å². The Labute approximate surface area is 117 Å². The highest BCUT2D eigenvalue weighted by atomic mass is 79.9. The predicted octanol–water partition coefficient (Wildman–Crippen LogP) is 1.57. The van der Waals surface area contributed by atoms with Crippen molar-refractivity contribution >= 4 is 31.9 Å². The molecule has 5 nitrogen and oxygen atoms in total. The summed E-state index contributed by atoms with van der Waals surface area (Å²) >= 11 is 2.76. The van der Waals surface area contributed by atoms with Gasteiger partial charge < -0.3 is 4.74 Å². The van der Waals surface area contributed by atoms with Crippen molar-refractivity contribution < 1.29 is 26.7 Å². The van der Waals surface area contributed by atoms with Gasteiger partial charge in [-0.2, -0.15) is 4.72 Å². The molecule has 106 valence electrons. The van der Waals surface area contributed by atoms with Crippen LogP contribution in [0.15, 0.2) is 21.5 Å². The molecule has 1 N–H and O–H groups in total. The van der Waals surface area contributed by atoms with Gasteiger partial charge >= 0.3 is 5.97 Å². The van der Waals surface area contributed by atoms with E-state index < -0.39 is 38.6 Å². The van der Waals surface area contributed by atoms with E-state index >= 15 is 0 Å². The minimum Gasteiger partial charge on any atom is -0.468 e. The van der Waals surface area contributed by atoms with Gasteiger partial charge in [0.25, 0.3) is 0 Å². The van der Waals surface area contributed by atoms with E-state index in [0.717, 1.165) is 13.2 Å². The fraction of sp³-hybridized carbons (Fsp3) is 0.300. The Balaban J connectivity index is 3.18. The fourth-order valence-electron chi connectivity index (χ4n) is 1.30. The third-order valence-corrected chi connectivity index (χ3v) is 4.62. The maximum absolute atomic E-state index is 13.5. The molecule has 0 aliphatic heterocycles. The number of carbonyl (C=O) groups excluding carboxylic acids is 1. The van der Waals surface area contributed by atoms with Crippen LogP contribution in [0.5, 0.6) is 0 Å². The van der Waals surface area contributed by atoms with Gasteiger partial charge in [0.05, 0.1) is 7.11 Å². The quantitative estimate of drug-likeness (QED) is 0.830. The van der Waals surface area contributed by atoms with Crippen molar-refractivity contribution in [3.63, 3.8) is 0 Å². The summed E-state index contributed by atoms with van der Waals surface area (Å²) in [5, 5.41) is 0. The number of halogens is 3. The van der Waals surface area contributed by atoms with Crippen LogP contribution >= 0.6 is 15.9 Å². The van der Waals surface area contributed by atoms with Crippen LogP contribution in [0, 0.1) is 11.6 Å². The van der Waals surface area contributed by atoms with Crippen molar-refractivity contribution in [3.05, 3.63) is 28.2 Å². The van der Waals surface area contributed by atoms with Crippen molar-refractivity contribution in [3.8, 4) is 0 Å². The Kier molecular flexibility index (Phi) is 4.99. The number of benzene rings is 1. The first-order chi connectivity index (χ1) is 8.69. The van der Waals surface area contributed by atoms with Crippen LogP contribution in [0.1, 0.15) is 6.92 Å². The number of hydrogen-bond donors (Lipinski definition) is 1. The second-order valence-electron chi connectivity index (χ2n) is 3.56. The van der Waals surface area contributed by atoms with E-state index in [0.29, 0.717) is 6.07 Å². The van der Waals surface area contributed by atoms with Gasteiger partial charge in [0.15, 0.2) is 0 Å². The molecular weight excluding hydrogens is 348 g/mol. The lowest BCUT2D eigenvalue weighted by molar-refractivity contribution is -0.142. The van der Waals surface area contributed by atoms with E-state index in [4.69, 9.17) is 0 Å². The molecule has 0 fully saturated rings. The number of sulfonamides is 1. The number of rotatable bonds is 4. The van der Waals surface area contributed by atoms with Gasteiger partial charge in [-0.1, -0.05) is 0 Å². The summed E-state index contributed by atoms with van der Waals surface area (Å²) in [6.07, 6.45) is 0. The monoisotopic (exact) mass is 357 g/mol. The average Bonchev–Trinajstić information content (AvgIpc) is 2.24. The number of esters is 1. The number of ether oxygens (including phenoxy) is 1. The smallest absolute Gasteiger partial charge is 0.323 e. The highest BCUT2D eigenvalue weighted by molar-refractivity contribution is 9.10. The Morgan fingerprint density at radius 3 is 2.47 bits per heavy atom. The van der Waals surface area contributed by atoms with Gasteiger partial charge in [-0.05, 0) is 28.9 Å². The molecule has 1 aromatic carbocycles. The maximum atomic E-state index is 13.5. The van der Waals surface area contributed by atoms with E-state index in [1.165, 1.54) is 6.92 Å². The molecule has 1 aromatic rings. The molecule has 9 heteroatoms. The molecular formula is C10H10BrF2NO4S. The standard InChI is InChI=1S/C10H10BrF2NO4S/c1-5(10(15)18-2)14-19(16,17)9-7(11)3-6(12)4-8(9)13/h3-5,14H,1-2H3. The van der Waals surface area contributed by atoms with Gasteiger partial charge in [-0.15, -0.1) is 0 Å². The minimum atomic E-state index is -4.33. The number of nitrogens with one attached hydrogen (secondary N) is 1. The van der Waals surface area contributed by atoms with Gasteiger partial charge in [0.2, 0.25) is 10.0 Å². The topological polar surface area (TPSA) is 72.5 Å².